The summed E-state index contributed by atoms with van der Waals surface area (Å²) in [7, 11) is 1.73. The molecule has 6 nitrogen and oxygen atoms in total. The minimum absolute atomic E-state index is 0.0847. The fraction of sp³-hybridized carbons (Fsp3) is 0.412. The van der Waals surface area contributed by atoms with Crippen molar-refractivity contribution in [3.05, 3.63) is 50.8 Å². The Kier molecular flexibility index (Phi) is 5.20. The van der Waals surface area contributed by atoms with E-state index in [-0.39, 0.29) is 5.56 Å². The molecule has 2 N–H and O–H groups in total. The summed E-state index contributed by atoms with van der Waals surface area (Å²) in [6.45, 7) is 5.23. The number of halogens is 1. The fourth-order valence-electron chi connectivity index (χ4n) is 2.98. The number of piperazine rings is 1. The SMILES string of the molecule is C[C@H]1CNCCN1C1=CC=C(Nc2cc(Br)cn(C)c2=O)N=CC1. The molecule has 1 aromatic rings. The van der Waals surface area contributed by atoms with Crippen LogP contribution >= 0.6 is 15.9 Å². The van der Waals surface area contributed by atoms with Crippen molar-refractivity contribution in [2.24, 2.45) is 12.0 Å². The van der Waals surface area contributed by atoms with Gasteiger partial charge in [0.05, 0.1) is 0 Å². The number of aromatic nitrogens is 1. The van der Waals surface area contributed by atoms with Crippen LogP contribution in [0.3, 0.4) is 0 Å². The van der Waals surface area contributed by atoms with E-state index in [1.807, 2.05) is 12.3 Å². The largest absolute Gasteiger partial charge is 0.369 e. The molecule has 3 rings (SSSR count). The molecular formula is C17H22BrN5O. The van der Waals surface area contributed by atoms with E-state index >= 15 is 0 Å². The van der Waals surface area contributed by atoms with Gasteiger partial charge >= 0.3 is 0 Å². The molecule has 3 heterocycles. The minimum Gasteiger partial charge on any atom is -0.369 e. The molecule has 0 unspecified atom stereocenters. The molecule has 2 aliphatic heterocycles. The molecule has 2 aliphatic rings. The Morgan fingerprint density at radius 3 is 3.04 bits per heavy atom. The summed E-state index contributed by atoms with van der Waals surface area (Å²) in [6, 6.07) is 2.24. The zero-order valence-corrected chi connectivity index (χ0v) is 15.5. The van der Waals surface area contributed by atoms with Crippen LogP contribution in [-0.2, 0) is 7.05 Å². The van der Waals surface area contributed by atoms with Crippen molar-refractivity contribution >= 4 is 27.8 Å². The summed E-state index contributed by atoms with van der Waals surface area (Å²) < 4.78 is 2.38. The lowest BCUT2D eigenvalue weighted by Gasteiger charge is -2.37. The van der Waals surface area contributed by atoms with Gasteiger partial charge in [-0.3, -0.25) is 4.79 Å². The highest BCUT2D eigenvalue weighted by Crippen LogP contribution is 2.19. The van der Waals surface area contributed by atoms with Crippen LogP contribution in [0.15, 0.2) is 50.2 Å². The molecule has 0 bridgehead atoms. The normalized spacial score (nSPS) is 21.1. The molecule has 0 aromatic carbocycles. The first-order valence-electron chi connectivity index (χ1n) is 8.08. The van der Waals surface area contributed by atoms with Crippen LogP contribution in [0, 0.1) is 0 Å². The zero-order chi connectivity index (χ0) is 17.1. The molecule has 0 aliphatic carbocycles. The van der Waals surface area contributed by atoms with Crippen LogP contribution in [0.4, 0.5) is 5.69 Å². The maximum Gasteiger partial charge on any atom is 0.274 e. The number of aliphatic imine (C=N–C) groups is 1. The van der Waals surface area contributed by atoms with E-state index in [0.717, 1.165) is 30.5 Å². The van der Waals surface area contributed by atoms with Crippen molar-refractivity contribution in [2.45, 2.75) is 19.4 Å². The van der Waals surface area contributed by atoms with Gasteiger partial charge in [-0.15, -0.1) is 0 Å². The van der Waals surface area contributed by atoms with Gasteiger partial charge in [0.2, 0.25) is 0 Å². The number of pyridine rings is 1. The highest BCUT2D eigenvalue weighted by molar-refractivity contribution is 9.10. The number of allylic oxidation sites excluding steroid dienone is 3. The highest BCUT2D eigenvalue weighted by atomic mass is 79.9. The molecule has 1 fully saturated rings. The topological polar surface area (TPSA) is 61.7 Å². The second-order valence-corrected chi connectivity index (χ2v) is 7.00. The van der Waals surface area contributed by atoms with Gasteiger partial charge in [-0.2, -0.15) is 0 Å². The molecule has 0 amide bonds. The first-order valence-corrected chi connectivity index (χ1v) is 8.88. The average molecular weight is 392 g/mol. The van der Waals surface area contributed by atoms with E-state index in [2.05, 4.69) is 49.5 Å². The number of nitrogens with one attached hydrogen (secondary N) is 2. The number of anilines is 1. The van der Waals surface area contributed by atoms with Crippen molar-refractivity contribution < 1.29 is 0 Å². The van der Waals surface area contributed by atoms with Crippen LogP contribution < -0.4 is 16.2 Å². The fourth-order valence-corrected chi connectivity index (χ4v) is 3.51. The summed E-state index contributed by atoms with van der Waals surface area (Å²) in [6.07, 6.45) is 8.47. The molecular weight excluding hydrogens is 370 g/mol. The van der Waals surface area contributed by atoms with Gasteiger partial charge in [-0.1, -0.05) is 0 Å². The van der Waals surface area contributed by atoms with E-state index in [1.54, 1.807) is 19.3 Å². The molecule has 0 saturated carbocycles. The first kappa shape index (κ1) is 17.0. The molecule has 24 heavy (non-hydrogen) atoms. The second kappa shape index (κ2) is 7.36. The van der Waals surface area contributed by atoms with E-state index in [0.29, 0.717) is 17.6 Å². The average Bonchev–Trinajstić information content (AvgIpc) is 2.78. The van der Waals surface area contributed by atoms with Gasteiger partial charge < -0.3 is 20.1 Å². The predicted octanol–water partition coefficient (Wildman–Crippen LogP) is 2.05. The lowest BCUT2D eigenvalue weighted by atomic mass is 10.1. The van der Waals surface area contributed by atoms with Gasteiger partial charge in [0, 0.05) is 61.7 Å². The van der Waals surface area contributed by atoms with E-state index < -0.39 is 0 Å². The molecule has 7 heteroatoms. The number of rotatable bonds is 3. The predicted molar refractivity (Wildman–Crippen MR) is 101 cm³/mol. The standard InChI is InChI=1S/C17H22BrN5O/c1-12-10-19-7-8-23(12)14-3-4-16(20-6-5-14)21-15-9-13(18)11-22(2)17(15)24/h3-4,6,9,11-12,19,21H,5,7-8,10H2,1-2H3/t12-/m0/s1. The van der Waals surface area contributed by atoms with Crippen molar-refractivity contribution in [3.8, 4) is 0 Å². The maximum absolute atomic E-state index is 12.2. The van der Waals surface area contributed by atoms with Crippen LogP contribution in [0.5, 0.6) is 0 Å². The molecule has 1 aromatic heterocycles. The quantitative estimate of drug-likeness (QED) is 0.827. The van der Waals surface area contributed by atoms with Crippen LogP contribution in [-0.4, -0.2) is 41.4 Å². The van der Waals surface area contributed by atoms with Gasteiger partial charge in [-0.05, 0) is 41.1 Å². The smallest absolute Gasteiger partial charge is 0.274 e. The van der Waals surface area contributed by atoms with E-state index in [9.17, 15) is 4.79 Å². The second-order valence-electron chi connectivity index (χ2n) is 6.09. The minimum atomic E-state index is -0.0847. The molecule has 0 spiro atoms. The molecule has 128 valence electrons. The van der Waals surface area contributed by atoms with Crippen LogP contribution in [0.2, 0.25) is 0 Å². The van der Waals surface area contributed by atoms with Crippen LogP contribution in [0.1, 0.15) is 13.3 Å². The third-order valence-corrected chi connectivity index (χ3v) is 4.68. The molecule has 1 atom stereocenters. The summed E-state index contributed by atoms with van der Waals surface area (Å²) >= 11 is 3.41. The Bertz CT molecular complexity index is 765. The first-order chi connectivity index (χ1) is 11.5. The molecule has 1 saturated heterocycles. The number of nitrogens with zero attached hydrogens (tertiary/aromatic N) is 3. The summed E-state index contributed by atoms with van der Waals surface area (Å²) in [4.78, 5) is 19.1. The highest BCUT2D eigenvalue weighted by Gasteiger charge is 2.20. The van der Waals surface area contributed by atoms with Crippen molar-refractivity contribution in [2.75, 3.05) is 25.0 Å². The molecule has 0 radical (unpaired) electrons. The van der Waals surface area contributed by atoms with Crippen LogP contribution in [0.25, 0.3) is 0 Å². The third kappa shape index (κ3) is 3.79. The number of aryl methyl sites for hydroxylation is 1. The monoisotopic (exact) mass is 391 g/mol. The Hall–Kier alpha value is -1.86. The Balaban J connectivity index is 1.81. The zero-order valence-electron chi connectivity index (χ0n) is 13.9. The maximum atomic E-state index is 12.2. The summed E-state index contributed by atoms with van der Waals surface area (Å²) in [5, 5.41) is 6.54. The van der Waals surface area contributed by atoms with Crippen molar-refractivity contribution in [1.82, 2.24) is 14.8 Å². The lowest BCUT2D eigenvalue weighted by molar-refractivity contribution is 0.221. The van der Waals surface area contributed by atoms with E-state index in [4.69, 9.17) is 0 Å². The Morgan fingerprint density at radius 2 is 2.25 bits per heavy atom. The van der Waals surface area contributed by atoms with Gasteiger partial charge in [0.25, 0.3) is 5.56 Å². The van der Waals surface area contributed by atoms with Crippen molar-refractivity contribution in [1.29, 1.82) is 0 Å². The number of hydrogen-bond donors (Lipinski definition) is 2. The summed E-state index contributed by atoms with van der Waals surface area (Å²) in [5.74, 6) is 0.669. The lowest BCUT2D eigenvalue weighted by Crippen LogP contribution is -2.49. The Morgan fingerprint density at radius 1 is 1.42 bits per heavy atom. The third-order valence-electron chi connectivity index (χ3n) is 4.25. The van der Waals surface area contributed by atoms with Crippen molar-refractivity contribution in [3.63, 3.8) is 0 Å². The van der Waals surface area contributed by atoms with Gasteiger partial charge in [0.15, 0.2) is 0 Å². The van der Waals surface area contributed by atoms with Gasteiger partial charge in [-0.25, -0.2) is 4.99 Å². The summed E-state index contributed by atoms with van der Waals surface area (Å²) in [5.41, 5.74) is 1.67. The van der Waals surface area contributed by atoms with E-state index in [1.165, 1.54) is 10.3 Å². The van der Waals surface area contributed by atoms with Gasteiger partial charge in [0.1, 0.15) is 11.5 Å². The number of hydrogen-bond acceptors (Lipinski definition) is 5. The Labute approximate surface area is 150 Å².